The molecule has 3 rings (SSSR count). The lowest BCUT2D eigenvalue weighted by molar-refractivity contribution is -0.131. The van der Waals surface area contributed by atoms with Crippen LogP contribution >= 0.6 is 11.8 Å². The van der Waals surface area contributed by atoms with E-state index >= 15 is 0 Å². The Kier molecular flexibility index (Phi) is 4.42. The fraction of sp³-hybridized carbons (Fsp3) is 0.667. The molecule has 0 saturated carbocycles. The van der Waals surface area contributed by atoms with Gasteiger partial charge >= 0.3 is 0 Å². The fourth-order valence-electron chi connectivity index (χ4n) is 2.80. The minimum atomic E-state index is 0.156. The standard InChI is InChI=1S/C15H22N4O2S/c1-10-9-16-15(22-10)19-6-4-18(5-7-19)14(20)8-13-11(2)17-21-12(13)3/h10H,4-9H2,1-3H3. The summed E-state index contributed by atoms with van der Waals surface area (Å²) in [5, 5.41) is 5.64. The van der Waals surface area contributed by atoms with Gasteiger partial charge in [0.1, 0.15) is 5.76 Å². The van der Waals surface area contributed by atoms with Gasteiger partial charge in [-0.3, -0.25) is 9.79 Å². The summed E-state index contributed by atoms with van der Waals surface area (Å²) in [5.41, 5.74) is 1.74. The van der Waals surface area contributed by atoms with Crippen LogP contribution in [-0.2, 0) is 11.2 Å². The zero-order chi connectivity index (χ0) is 15.7. The van der Waals surface area contributed by atoms with Gasteiger partial charge in [0.15, 0.2) is 5.17 Å². The van der Waals surface area contributed by atoms with E-state index in [1.54, 1.807) is 0 Å². The molecule has 1 aromatic heterocycles. The number of carbonyl (C=O) groups excluding carboxylic acids is 1. The molecule has 3 heterocycles. The third-order valence-electron chi connectivity index (χ3n) is 4.20. The Balaban J connectivity index is 1.54. The molecule has 1 atom stereocenters. The SMILES string of the molecule is Cc1noc(C)c1CC(=O)N1CCN(C2=NCC(C)S2)CC1. The highest BCUT2D eigenvalue weighted by atomic mass is 32.2. The Labute approximate surface area is 134 Å². The second kappa shape index (κ2) is 6.32. The molecule has 120 valence electrons. The number of thioether (sulfide) groups is 1. The highest BCUT2D eigenvalue weighted by Crippen LogP contribution is 2.24. The molecule has 1 amide bonds. The first-order valence-corrected chi connectivity index (χ1v) is 8.58. The van der Waals surface area contributed by atoms with E-state index in [1.165, 1.54) is 0 Å². The number of hydrogen-bond donors (Lipinski definition) is 0. The van der Waals surface area contributed by atoms with E-state index in [9.17, 15) is 4.79 Å². The van der Waals surface area contributed by atoms with Crippen LogP contribution in [0.1, 0.15) is 23.9 Å². The van der Waals surface area contributed by atoms with Crippen molar-refractivity contribution in [2.45, 2.75) is 32.4 Å². The molecule has 0 aromatic carbocycles. The molecular weight excluding hydrogens is 300 g/mol. The van der Waals surface area contributed by atoms with E-state index in [1.807, 2.05) is 30.5 Å². The van der Waals surface area contributed by atoms with E-state index in [4.69, 9.17) is 4.52 Å². The number of nitrogens with zero attached hydrogens (tertiary/aromatic N) is 4. The lowest BCUT2D eigenvalue weighted by Gasteiger charge is -2.35. The quantitative estimate of drug-likeness (QED) is 0.825. The predicted molar refractivity (Wildman–Crippen MR) is 87.2 cm³/mol. The molecule has 1 fully saturated rings. The maximum absolute atomic E-state index is 12.5. The van der Waals surface area contributed by atoms with Crippen LogP contribution in [0.2, 0.25) is 0 Å². The Morgan fingerprint density at radius 2 is 2.05 bits per heavy atom. The van der Waals surface area contributed by atoms with Crippen molar-refractivity contribution >= 4 is 22.8 Å². The molecule has 1 unspecified atom stereocenters. The summed E-state index contributed by atoms with van der Waals surface area (Å²) in [7, 11) is 0. The molecule has 7 heteroatoms. The number of amidine groups is 1. The summed E-state index contributed by atoms with van der Waals surface area (Å²) in [6.07, 6.45) is 0.383. The molecule has 22 heavy (non-hydrogen) atoms. The molecule has 0 aliphatic carbocycles. The Morgan fingerprint density at radius 1 is 1.32 bits per heavy atom. The minimum Gasteiger partial charge on any atom is -0.361 e. The maximum atomic E-state index is 12.5. The van der Waals surface area contributed by atoms with Crippen LogP contribution in [0, 0.1) is 13.8 Å². The Bertz CT molecular complexity index is 571. The number of carbonyl (C=O) groups is 1. The smallest absolute Gasteiger partial charge is 0.227 e. The Morgan fingerprint density at radius 3 is 2.59 bits per heavy atom. The number of amides is 1. The van der Waals surface area contributed by atoms with E-state index < -0.39 is 0 Å². The first-order valence-electron chi connectivity index (χ1n) is 7.70. The van der Waals surface area contributed by atoms with Gasteiger partial charge in [0.2, 0.25) is 5.91 Å². The van der Waals surface area contributed by atoms with Crippen molar-refractivity contribution in [3.8, 4) is 0 Å². The van der Waals surface area contributed by atoms with Crippen LogP contribution in [0.4, 0.5) is 0 Å². The maximum Gasteiger partial charge on any atom is 0.227 e. The van der Waals surface area contributed by atoms with Crippen LogP contribution in [0.5, 0.6) is 0 Å². The summed E-state index contributed by atoms with van der Waals surface area (Å²) in [5.74, 6) is 0.901. The summed E-state index contributed by atoms with van der Waals surface area (Å²) >= 11 is 1.84. The van der Waals surface area contributed by atoms with Crippen LogP contribution in [0.25, 0.3) is 0 Å². The zero-order valence-electron chi connectivity index (χ0n) is 13.3. The van der Waals surface area contributed by atoms with Crippen molar-refractivity contribution in [2.24, 2.45) is 4.99 Å². The summed E-state index contributed by atoms with van der Waals surface area (Å²) < 4.78 is 5.13. The second-order valence-corrected chi connectivity index (χ2v) is 7.30. The third-order valence-corrected chi connectivity index (χ3v) is 5.35. The highest BCUT2D eigenvalue weighted by molar-refractivity contribution is 8.14. The predicted octanol–water partition coefficient (Wildman–Crippen LogP) is 1.47. The number of piperazine rings is 1. The van der Waals surface area contributed by atoms with Crippen LogP contribution in [0.15, 0.2) is 9.52 Å². The molecule has 0 N–H and O–H groups in total. The molecule has 1 saturated heterocycles. The van der Waals surface area contributed by atoms with Crippen molar-refractivity contribution < 1.29 is 9.32 Å². The normalized spacial score (nSPS) is 22.1. The van der Waals surface area contributed by atoms with Crippen molar-refractivity contribution in [1.82, 2.24) is 15.0 Å². The molecule has 0 radical (unpaired) electrons. The van der Waals surface area contributed by atoms with E-state index in [2.05, 4.69) is 22.0 Å². The fourth-order valence-corrected chi connectivity index (χ4v) is 3.79. The average molecular weight is 322 g/mol. The van der Waals surface area contributed by atoms with Gasteiger partial charge in [-0.05, 0) is 13.8 Å². The van der Waals surface area contributed by atoms with Gasteiger partial charge in [-0.25, -0.2) is 0 Å². The number of aromatic nitrogens is 1. The largest absolute Gasteiger partial charge is 0.361 e. The summed E-state index contributed by atoms with van der Waals surface area (Å²) in [6.45, 7) is 10.1. The van der Waals surface area contributed by atoms with Gasteiger partial charge in [0, 0.05) is 37.0 Å². The number of rotatable bonds is 2. The second-order valence-electron chi connectivity index (χ2n) is 5.90. The van der Waals surface area contributed by atoms with Crippen molar-refractivity contribution in [1.29, 1.82) is 0 Å². The van der Waals surface area contributed by atoms with Crippen molar-refractivity contribution in [3.05, 3.63) is 17.0 Å². The number of aliphatic imine (C=N–C) groups is 1. The molecule has 2 aliphatic heterocycles. The molecule has 1 aromatic rings. The van der Waals surface area contributed by atoms with Crippen LogP contribution in [-0.4, -0.2) is 64.0 Å². The van der Waals surface area contributed by atoms with Gasteiger partial charge in [0.25, 0.3) is 0 Å². The lowest BCUT2D eigenvalue weighted by Crippen LogP contribution is -2.50. The first kappa shape index (κ1) is 15.4. The third kappa shape index (κ3) is 3.14. The Hall–Kier alpha value is -1.50. The van der Waals surface area contributed by atoms with Crippen molar-refractivity contribution in [3.63, 3.8) is 0 Å². The van der Waals surface area contributed by atoms with Crippen LogP contribution < -0.4 is 0 Å². The first-order chi connectivity index (χ1) is 10.5. The molecule has 2 aliphatic rings. The monoisotopic (exact) mass is 322 g/mol. The van der Waals surface area contributed by atoms with Crippen LogP contribution in [0.3, 0.4) is 0 Å². The van der Waals surface area contributed by atoms with E-state index in [0.29, 0.717) is 11.7 Å². The lowest BCUT2D eigenvalue weighted by atomic mass is 10.1. The van der Waals surface area contributed by atoms with Gasteiger partial charge in [-0.15, -0.1) is 0 Å². The number of aryl methyl sites for hydroxylation is 2. The van der Waals surface area contributed by atoms with Gasteiger partial charge in [0.05, 0.1) is 18.7 Å². The molecule has 0 bridgehead atoms. The highest BCUT2D eigenvalue weighted by Gasteiger charge is 2.27. The summed E-state index contributed by atoms with van der Waals surface area (Å²) in [6, 6.07) is 0. The van der Waals surface area contributed by atoms with Crippen molar-refractivity contribution in [2.75, 3.05) is 32.7 Å². The zero-order valence-corrected chi connectivity index (χ0v) is 14.2. The topological polar surface area (TPSA) is 61.9 Å². The average Bonchev–Trinajstić information content (AvgIpc) is 3.08. The number of hydrogen-bond acceptors (Lipinski definition) is 6. The molecular formula is C15H22N4O2S. The molecule has 0 spiro atoms. The van der Waals surface area contributed by atoms with Gasteiger partial charge in [-0.2, -0.15) is 0 Å². The van der Waals surface area contributed by atoms with Gasteiger partial charge < -0.3 is 14.3 Å². The molecule has 6 nitrogen and oxygen atoms in total. The van der Waals surface area contributed by atoms with E-state index in [0.717, 1.165) is 54.9 Å². The minimum absolute atomic E-state index is 0.156. The van der Waals surface area contributed by atoms with E-state index in [-0.39, 0.29) is 5.91 Å². The van der Waals surface area contributed by atoms with Gasteiger partial charge in [-0.1, -0.05) is 23.8 Å². The summed E-state index contributed by atoms with van der Waals surface area (Å²) in [4.78, 5) is 21.3.